The standard InChI is InChI=1S/C51H37N3O2/c1-50(2)39-22-11-9-19-37(39)44-40(50)26-27-43-46(44)56-45-34(20-13-23-42(45)55-43)31-16-12-17-32(28-31)48-52-47(30-14-6-5-7-15-30)53-49(54-48)33-24-25-36-35-18-8-10-21-38(35)51(3,4)41(36)29-33/h5-29H,1-4H3. The van der Waals surface area contributed by atoms with E-state index in [0.717, 1.165) is 44.9 Å². The lowest BCUT2D eigenvalue weighted by molar-refractivity contribution is 0.361. The molecule has 0 unspecified atom stereocenters. The summed E-state index contributed by atoms with van der Waals surface area (Å²) in [5.74, 6) is 4.71. The smallest absolute Gasteiger partial charge is 0.178 e. The highest BCUT2D eigenvalue weighted by Crippen LogP contribution is 2.59. The van der Waals surface area contributed by atoms with Gasteiger partial charge in [-0.1, -0.05) is 155 Å². The Balaban J connectivity index is 1.02. The van der Waals surface area contributed by atoms with Gasteiger partial charge in [-0.25, -0.2) is 15.0 Å². The van der Waals surface area contributed by atoms with Gasteiger partial charge in [0.1, 0.15) is 0 Å². The number of nitrogens with zero attached hydrogens (tertiary/aromatic N) is 3. The summed E-state index contributed by atoms with van der Waals surface area (Å²) < 4.78 is 13.6. The van der Waals surface area contributed by atoms with E-state index in [9.17, 15) is 0 Å². The van der Waals surface area contributed by atoms with Crippen LogP contribution in [0.3, 0.4) is 0 Å². The minimum absolute atomic E-state index is 0.144. The normalized spacial score (nSPS) is 14.6. The van der Waals surface area contributed by atoms with Gasteiger partial charge < -0.3 is 9.47 Å². The third-order valence-electron chi connectivity index (χ3n) is 12.0. The van der Waals surface area contributed by atoms with Crippen LogP contribution in [0.15, 0.2) is 152 Å². The number of aromatic nitrogens is 3. The number of fused-ring (bicyclic) bond motifs is 9. The summed E-state index contributed by atoms with van der Waals surface area (Å²) in [4.78, 5) is 15.3. The Hall–Kier alpha value is -6.85. The second-order valence-electron chi connectivity index (χ2n) is 16.0. The molecular formula is C51H37N3O2. The van der Waals surface area contributed by atoms with Gasteiger partial charge in [0.15, 0.2) is 40.5 Å². The molecule has 0 atom stereocenters. The van der Waals surface area contributed by atoms with Crippen molar-refractivity contribution in [3.63, 3.8) is 0 Å². The Morgan fingerprint density at radius 3 is 1.70 bits per heavy atom. The van der Waals surface area contributed by atoms with E-state index in [1.165, 1.54) is 38.9 Å². The van der Waals surface area contributed by atoms with E-state index in [4.69, 9.17) is 24.4 Å². The first kappa shape index (κ1) is 32.6. The summed E-state index contributed by atoms with van der Waals surface area (Å²) in [6, 6.07) is 52.7. The number of hydrogen-bond acceptors (Lipinski definition) is 5. The molecule has 5 nitrogen and oxygen atoms in total. The zero-order valence-electron chi connectivity index (χ0n) is 31.6. The summed E-state index contributed by atoms with van der Waals surface area (Å²) in [6.07, 6.45) is 0. The minimum atomic E-state index is -0.151. The molecular weight excluding hydrogens is 687 g/mol. The van der Waals surface area contributed by atoms with E-state index in [1.807, 2.05) is 48.5 Å². The van der Waals surface area contributed by atoms with Crippen LogP contribution in [0.25, 0.3) is 67.5 Å². The van der Waals surface area contributed by atoms with Gasteiger partial charge >= 0.3 is 0 Å². The van der Waals surface area contributed by atoms with Crippen LogP contribution in [0.4, 0.5) is 0 Å². The molecule has 56 heavy (non-hydrogen) atoms. The van der Waals surface area contributed by atoms with Crippen LogP contribution < -0.4 is 9.47 Å². The first-order chi connectivity index (χ1) is 27.3. The van der Waals surface area contributed by atoms with E-state index in [2.05, 4.69) is 131 Å². The number of benzene rings is 7. The van der Waals surface area contributed by atoms with Gasteiger partial charge in [-0.05, 0) is 68.8 Å². The lowest BCUT2D eigenvalue weighted by Crippen LogP contribution is -2.15. The van der Waals surface area contributed by atoms with Crippen molar-refractivity contribution < 1.29 is 9.47 Å². The average molecular weight is 724 g/mol. The summed E-state index contributed by atoms with van der Waals surface area (Å²) in [6.45, 7) is 9.14. The molecule has 2 aliphatic carbocycles. The van der Waals surface area contributed by atoms with E-state index < -0.39 is 0 Å². The van der Waals surface area contributed by atoms with Crippen LogP contribution in [0.2, 0.25) is 0 Å². The van der Waals surface area contributed by atoms with E-state index in [1.54, 1.807) is 0 Å². The SMILES string of the molecule is CC1(C)c2ccccc2-c2ccc(-c3nc(-c4ccccc4)nc(-c4cccc(-c5cccc6c5Oc5c(ccc7c5-c5ccccc5C7(C)C)O6)c4)n3)cc21. The van der Waals surface area contributed by atoms with Crippen LogP contribution in [0.5, 0.6) is 23.0 Å². The molecule has 0 fully saturated rings. The van der Waals surface area contributed by atoms with Gasteiger partial charge in [-0.2, -0.15) is 0 Å². The fourth-order valence-corrected chi connectivity index (χ4v) is 9.09. The molecule has 0 amide bonds. The predicted octanol–water partition coefficient (Wildman–Crippen LogP) is 13.1. The quantitative estimate of drug-likeness (QED) is 0.181. The molecule has 0 spiro atoms. The summed E-state index contributed by atoms with van der Waals surface area (Å²) in [7, 11) is 0. The van der Waals surface area contributed by atoms with Crippen molar-refractivity contribution >= 4 is 0 Å². The topological polar surface area (TPSA) is 57.1 Å². The fraction of sp³-hybridized carbons (Fsp3) is 0.118. The maximum absolute atomic E-state index is 6.97. The molecule has 5 heteroatoms. The van der Waals surface area contributed by atoms with Crippen LogP contribution in [-0.2, 0) is 10.8 Å². The van der Waals surface area contributed by atoms with Gasteiger partial charge in [0.05, 0.1) is 0 Å². The number of para-hydroxylation sites is 1. The van der Waals surface area contributed by atoms with E-state index in [0.29, 0.717) is 29.0 Å². The molecule has 268 valence electrons. The van der Waals surface area contributed by atoms with Gasteiger partial charge in [-0.3, -0.25) is 0 Å². The van der Waals surface area contributed by atoms with Gasteiger partial charge in [0.2, 0.25) is 0 Å². The van der Waals surface area contributed by atoms with Crippen molar-refractivity contribution in [1.82, 2.24) is 15.0 Å². The van der Waals surface area contributed by atoms with E-state index in [-0.39, 0.29) is 10.8 Å². The maximum Gasteiger partial charge on any atom is 0.178 e. The van der Waals surface area contributed by atoms with Crippen LogP contribution in [-0.4, -0.2) is 15.0 Å². The molecule has 1 aliphatic heterocycles. The van der Waals surface area contributed by atoms with Gasteiger partial charge in [0, 0.05) is 38.6 Å². The zero-order valence-corrected chi connectivity index (χ0v) is 31.6. The predicted molar refractivity (Wildman–Crippen MR) is 223 cm³/mol. The Labute approximate surface area is 326 Å². The Morgan fingerprint density at radius 1 is 0.357 bits per heavy atom. The molecule has 1 aromatic heterocycles. The van der Waals surface area contributed by atoms with Crippen molar-refractivity contribution in [1.29, 1.82) is 0 Å². The van der Waals surface area contributed by atoms with Crippen molar-refractivity contribution in [3.05, 3.63) is 174 Å². The maximum atomic E-state index is 6.97. The highest BCUT2D eigenvalue weighted by molar-refractivity contribution is 5.89. The van der Waals surface area contributed by atoms with Gasteiger partial charge in [0.25, 0.3) is 0 Å². The van der Waals surface area contributed by atoms with Crippen LogP contribution >= 0.6 is 0 Å². The summed E-state index contributed by atoms with van der Waals surface area (Å²) in [5, 5.41) is 0. The third kappa shape index (κ3) is 4.77. The summed E-state index contributed by atoms with van der Waals surface area (Å²) in [5.41, 5.74) is 14.3. The summed E-state index contributed by atoms with van der Waals surface area (Å²) >= 11 is 0. The fourth-order valence-electron chi connectivity index (χ4n) is 9.09. The second-order valence-corrected chi connectivity index (χ2v) is 16.0. The minimum Gasteiger partial charge on any atom is -0.449 e. The Morgan fingerprint density at radius 2 is 0.911 bits per heavy atom. The first-order valence-electron chi connectivity index (χ1n) is 19.2. The van der Waals surface area contributed by atoms with Crippen molar-refractivity contribution in [2.24, 2.45) is 0 Å². The second kappa shape index (κ2) is 11.8. The number of rotatable bonds is 4. The average Bonchev–Trinajstić information content (AvgIpc) is 3.62. The molecule has 8 aromatic rings. The van der Waals surface area contributed by atoms with Gasteiger partial charge in [-0.15, -0.1) is 0 Å². The highest BCUT2D eigenvalue weighted by atomic mass is 16.6. The Kier molecular flexibility index (Phi) is 6.88. The zero-order chi connectivity index (χ0) is 37.8. The molecule has 3 aliphatic rings. The number of hydrogen-bond donors (Lipinski definition) is 0. The van der Waals surface area contributed by atoms with E-state index >= 15 is 0 Å². The molecule has 7 aromatic carbocycles. The van der Waals surface area contributed by atoms with Crippen LogP contribution in [0.1, 0.15) is 49.9 Å². The van der Waals surface area contributed by atoms with Crippen LogP contribution in [0, 0.1) is 0 Å². The third-order valence-corrected chi connectivity index (χ3v) is 12.0. The monoisotopic (exact) mass is 723 g/mol. The van der Waals surface area contributed by atoms with Crippen molar-refractivity contribution in [2.45, 2.75) is 38.5 Å². The Bertz CT molecular complexity index is 2930. The highest BCUT2D eigenvalue weighted by Gasteiger charge is 2.40. The molecule has 2 heterocycles. The lowest BCUT2D eigenvalue weighted by atomic mass is 9.82. The molecule has 0 N–H and O–H groups in total. The largest absolute Gasteiger partial charge is 0.449 e. The molecule has 11 rings (SSSR count). The van der Waals surface area contributed by atoms with Crippen molar-refractivity contribution in [3.8, 4) is 90.5 Å². The lowest BCUT2D eigenvalue weighted by Gasteiger charge is -2.26. The molecule has 0 saturated carbocycles. The number of ether oxygens (including phenoxy) is 2. The molecule has 0 saturated heterocycles. The van der Waals surface area contributed by atoms with Crippen molar-refractivity contribution in [2.75, 3.05) is 0 Å². The molecule has 0 radical (unpaired) electrons. The first-order valence-corrected chi connectivity index (χ1v) is 19.2. The molecule has 0 bridgehead atoms.